The Balaban J connectivity index is 1.90. The summed E-state index contributed by atoms with van der Waals surface area (Å²) >= 11 is 5.81. The topological polar surface area (TPSA) is 81.1 Å². The number of phenolic OH excluding ortho intramolecular Hbond substituents is 1. The number of piperazine rings is 1. The summed E-state index contributed by atoms with van der Waals surface area (Å²) in [5.74, 6) is -0.992. The SMILES string of the molecule is O=C(O)CCN1CCN(C(=O)c2ccc(O)c(Cl)c2)CC1. The molecule has 1 aromatic carbocycles. The van der Waals surface area contributed by atoms with E-state index in [2.05, 4.69) is 0 Å². The maximum absolute atomic E-state index is 12.3. The van der Waals surface area contributed by atoms with Gasteiger partial charge in [0.15, 0.2) is 0 Å². The predicted molar refractivity (Wildman–Crippen MR) is 77.7 cm³/mol. The van der Waals surface area contributed by atoms with Gasteiger partial charge in [-0.15, -0.1) is 0 Å². The highest BCUT2D eigenvalue weighted by Crippen LogP contribution is 2.24. The van der Waals surface area contributed by atoms with Crippen LogP contribution in [0.1, 0.15) is 16.8 Å². The van der Waals surface area contributed by atoms with Crippen molar-refractivity contribution in [1.29, 1.82) is 0 Å². The molecular formula is C14H17ClN2O4. The fraction of sp³-hybridized carbons (Fsp3) is 0.429. The van der Waals surface area contributed by atoms with Crippen molar-refractivity contribution in [2.45, 2.75) is 6.42 Å². The highest BCUT2D eigenvalue weighted by atomic mass is 35.5. The molecule has 0 bridgehead atoms. The number of hydrogen-bond acceptors (Lipinski definition) is 4. The number of hydrogen-bond donors (Lipinski definition) is 2. The third-order valence-electron chi connectivity index (χ3n) is 3.50. The summed E-state index contributed by atoms with van der Waals surface area (Å²) in [4.78, 5) is 26.6. The quantitative estimate of drug-likeness (QED) is 0.875. The van der Waals surface area contributed by atoms with Gasteiger partial charge in [0.25, 0.3) is 5.91 Å². The van der Waals surface area contributed by atoms with Crippen LogP contribution in [-0.2, 0) is 4.79 Å². The fourth-order valence-corrected chi connectivity index (χ4v) is 2.43. The van der Waals surface area contributed by atoms with Gasteiger partial charge in [0, 0.05) is 38.3 Å². The monoisotopic (exact) mass is 312 g/mol. The van der Waals surface area contributed by atoms with Crippen molar-refractivity contribution in [1.82, 2.24) is 9.80 Å². The van der Waals surface area contributed by atoms with E-state index in [0.29, 0.717) is 38.3 Å². The molecular weight excluding hydrogens is 296 g/mol. The number of carbonyl (C=O) groups excluding carboxylic acids is 1. The minimum absolute atomic E-state index is 0.0493. The number of carbonyl (C=O) groups is 2. The lowest BCUT2D eigenvalue weighted by Gasteiger charge is -2.34. The molecule has 1 fully saturated rings. The van der Waals surface area contributed by atoms with Crippen molar-refractivity contribution in [3.05, 3.63) is 28.8 Å². The number of halogens is 1. The normalized spacial score (nSPS) is 16.0. The summed E-state index contributed by atoms with van der Waals surface area (Å²) in [5, 5.41) is 18.2. The number of nitrogens with zero attached hydrogens (tertiary/aromatic N) is 2. The first-order chi connectivity index (χ1) is 9.97. The van der Waals surface area contributed by atoms with Crippen LogP contribution in [-0.4, -0.2) is 64.6 Å². The molecule has 0 radical (unpaired) electrons. The van der Waals surface area contributed by atoms with Gasteiger partial charge in [0.2, 0.25) is 0 Å². The molecule has 6 nitrogen and oxygen atoms in total. The first-order valence-corrected chi connectivity index (χ1v) is 7.07. The Bertz CT molecular complexity index is 542. The highest BCUT2D eigenvalue weighted by molar-refractivity contribution is 6.32. The molecule has 1 amide bonds. The number of benzene rings is 1. The van der Waals surface area contributed by atoms with Gasteiger partial charge in [-0.3, -0.25) is 14.5 Å². The van der Waals surface area contributed by atoms with Gasteiger partial charge in [0.05, 0.1) is 11.4 Å². The fourth-order valence-electron chi connectivity index (χ4n) is 2.25. The average molecular weight is 313 g/mol. The van der Waals surface area contributed by atoms with Gasteiger partial charge in [-0.2, -0.15) is 0 Å². The second-order valence-electron chi connectivity index (χ2n) is 4.94. The molecule has 7 heteroatoms. The van der Waals surface area contributed by atoms with E-state index in [-0.39, 0.29) is 23.1 Å². The van der Waals surface area contributed by atoms with Crippen molar-refractivity contribution in [2.24, 2.45) is 0 Å². The second kappa shape index (κ2) is 6.78. The molecule has 0 aliphatic carbocycles. The van der Waals surface area contributed by atoms with Crippen LogP contribution in [0.15, 0.2) is 18.2 Å². The van der Waals surface area contributed by atoms with E-state index in [1.165, 1.54) is 12.1 Å². The molecule has 0 atom stereocenters. The Labute approximate surface area is 127 Å². The predicted octanol–water partition coefficient (Wildman–Crippen LogP) is 1.28. The molecule has 2 N–H and O–H groups in total. The van der Waals surface area contributed by atoms with E-state index >= 15 is 0 Å². The molecule has 1 aliphatic heterocycles. The largest absolute Gasteiger partial charge is 0.506 e. The average Bonchev–Trinajstić information content (AvgIpc) is 2.48. The van der Waals surface area contributed by atoms with E-state index in [9.17, 15) is 14.7 Å². The summed E-state index contributed by atoms with van der Waals surface area (Å²) in [6, 6.07) is 4.40. The third kappa shape index (κ3) is 4.09. The van der Waals surface area contributed by atoms with E-state index < -0.39 is 5.97 Å². The zero-order valence-electron chi connectivity index (χ0n) is 11.5. The molecule has 0 spiro atoms. The molecule has 1 saturated heterocycles. The van der Waals surface area contributed by atoms with Crippen LogP contribution in [0.4, 0.5) is 0 Å². The number of rotatable bonds is 4. The molecule has 1 heterocycles. The minimum atomic E-state index is -0.813. The lowest BCUT2D eigenvalue weighted by molar-refractivity contribution is -0.137. The smallest absolute Gasteiger partial charge is 0.304 e. The number of carboxylic acid groups (broad SMARTS) is 1. The van der Waals surface area contributed by atoms with Gasteiger partial charge < -0.3 is 15.1 Å². The zero-order chi connectivity index (χ0) is 15.4. The first-order valence-electron chi connectivity index (χ1n) is 6.69. The molecule has 0 unspecified atom stereocenters. The maximum Gasteiger partial charge on any atom is 0.304 e. The van der Waals surface area contributed by atoms with Gasteiger partial charge in [-0.25, -0.2) is 0 Å². The molecule has 114 valence electrons. The van der Waals surface area contributed by atoms with Crippen LogP contribution in [0, 0.1) is 0 Å². The molecule has 0 aromatic heterocycles. The maximum atomic E-state index is 12.3. The van der Waals surface area contributed by atoms with Crippen molar-refractivity contribution < 1.29 is 19.8 Å². The summed E-state index contributed by atoms with van der Waals surface area (Å²) in [5.41, 5.74) is 0.441. The van der Waals surface area contributed by atoms with Crippen molar-refractivity contribution in [3.8, 4) is 5.75 Å². The van der Waals surface area contributed by atoms with Gasteiger partial charge in [0.1, 0.15) is 5.75 Å². The number of phenols is 1. The van der Waals surface area contributed by atoms with Gasteiger partial charge in [-0.1, -0.05) is 11.6 Å². The molecule has 21 heavy (non-hydrogen) atoms. The lowest BCUT2D eigenvalue weighted by atomic mass is 10.1. The number of aromatic hydroxyl groups is 1. The Hall–Kier alpha value is -1.79. The minimum Gasteiger partial charge on any atom is -0.506 e. The van der Waals surface area contributed by atoms with Gasteiger partial charge >= 0.3 is 5.97 Å². The van der Waals surface area contributed by atoms with Crippen LogP contribution >= 0.6 is 11.6 Å². The summed E-state index contributed by atoms with van der Waals surface area (Å²) < 4.78 is 0. The summed E-state index contributed by atoms with van der Waals surface area (Å²) in [7, 11) is 0. The van der Waals surface area contributed by atoms with E-state index in [0.717, 1.165) is 0 Å². The zero-order valence-corrected chi connectivity index (χ0v) is 12.2. The number of aliphatic carboxylic acids is 1. The molecule has 2 rings (SSSR count). The Kier molecular flexibility index (Phi) is 5.03. The number of carboxylic acids is 1. The van der Waals surface area contributed by atoms with Crippen molar-refractivity contribution in [3.63, 3.8) is 0 Å². The second-order valence-corrected chi connectivity index (χ2v) is 5.35. The van der Waals surface area contributed by atoms with Crippen LogP contribution in [0.25, 0.3) is 0 Å². The van der Waals surface area contributed by atoms with Crippen LogP contribution < -0.4 is 0 Å². The van der Waals surface area contributed by atoms with Gasteiger partial charge in [-0.05, 0) is 18.2 Å². The van der Waals surface area contributed by atoms with Crippen LogP contribution in [0.5, 0.6) is 5.75 Å². The first kappa shape index (κ1) is 15.6. The Morgan fingerprint density at radius 2 is 1.86 bits per heavy atom. The van der Waals surface area contributed by atoms with E-state index in [1.54, 1.807) is 11.0 Å². The van der Waals surface area contributed by atoms with Crippen LogP contribution in [0.2, 0.25) is 5.02 Å². The van der Waals surface area contributed by atoms with E-state index in [1.807, 2.05) is 4.90 Å². The molecule has 1 aliphatic rings. The van der Waals surface area contributed by atoms with E-state index in [4.69, 9.17) is 16.7 Å². The molecule has 1 aromatic rings. The number of amides is 1. The van der Waals surface area contributed by atoms with Crippen LogP contribution in [0.3, 0.4) is 0 Å². The summed E-state index contributed by atoms with van der Waals surface area (Å²) in [6.07, 6.45) is 0.113. The standard InChI is InChI=1S/C14H17ClN2O4/c15-11-9-10(1-2-12(11)18)14(21)17-7-5-16(6-8-17)4-3-13(19)20/h1-2,9,18H,3-8H2,(H,19,20). The lowest BCUT2D eigenvalue weighted by Crippen LogP contribution is -2.49. The Morgan fingerprint density at radius 1 is 1.19 bits per heavy atom. The third-order valence-corrected chi connectivity index (χ3v) is 3.80. The molecule has 0 saturated carbocycles. The van der Waals surface area contributed by atoms with Crippen molar-refractivity contribution in [2.75, 3.05) is 32.7 Å². The Morgan fingerprint density at radius 3 is 2.43 bits per heavy atom. The highest BCUT2D eigenvalue weighted by Gasteiger charge is 2.22. The van der Waals surface area contributed by atoms with Crippen molar-refractivity contribution >= 4 is 23.5 Å². The summed E-state index contributed by atoms with van der Waals surface area (Å²) in [6.45, 7) is 2.92.